The lowest BCUT2D eigenvalue weighted by Gasteiger charge is -2.34. The van der Waals surface area contributed by atoms with Crippen molar-refractivity contribution in [2.24, 2.45) is 5.92 Å². The molecule has 23 heavy (non-hydrogen) atoms. The van der Waals surface area contributed by atoms with Crippen molar-refractivity contribution in [3.63, 3.8) is 0 Å². The molecule has 0 saturated carbocycles. The Morgan fingerprint density at radius 1 is 1.43 bits per heavy atom. The van der Waals surface area contributed by atoms with Crippen LogP contribution in [0.5, 0.6) is 5.75 Å². The molecular weight excluding hydrogens is 407 g/mol. The number of hydrogen-bond donors (Lipinski definition) is 0. The Bertz CT molecular complexity index is 557. The van der Waals surface area contributed by atoms with Crippen molar-refractivity contribution in [2.75, 3.05) is 19.7 Å². The van der Waals surface area contributed by atoms with Crippen LogP contribution in [0.25, 0.3) is 0 Å². The molecule has 0 spiro atoms. The van der Waals surface area contributed by atoms with Crippen LogP contribution in [0.3, 0.4) is 0 Å². The largest absolute Gasteiger partial charge is 0.490 e. The van der Waals surface area contributed by atoms with Crippen LogP contribution in [0.4, 0.5) is 4.79 Å². The average Bonchev–Trinajstić information content (AvgIpc) is 2.45. The van der Waals surface area contributed by atoms with Gasteiger partial charge in [-0.15, -0.1) is 0 Å². The van der Waals surface area contributed by atoms with E-state index in [0.717, 1.165) is 34.5 Å². The van der Waals surface area contributed by atoms with Crippen molar-refractivity contribution < 1.29 is 14.3 Å². The highest BCUT2D eigenvalue weighted by Gasteiger charge is 2.28. The van der Waals surface area contributed by atoms with Crippen LogP contribution in [-0.4, -0.2) is 41.3 Å². The monoisotopic (exact) mass is 432 g/mol. The van der Waals surface area contributed by atoms with E-state index in [1.54, 1.807) is 4.90 Å². The van der Waals surface area contributed by atoms with Gasteiger partial charge in [0.25, 0.3) is 0 Å². The quantitative estimate of drug-likeness (QED) is 0.535. The van der Waals surface area contributed by atoms with E-state index in [0.29, 0.717) is 19.1 Å². The number of likely N-dealkylation sites (tertiary alicyclic amines) is 1. The van der Waals surface area contributed by atoms with Gasteiger partial charge in [-0.2, -0.15) is 0 Å². The molecular formula is C17H25IN2O3. The molecule has 1 aromatic rings. The molecule has 0 radical (unpaired) electrons. The van der Waals surface area contributed by atoms with E-state index in [1.807, 2.05) is 39.8 Å². The first-order valence-electron chi connectivity index (χ1n) is 7.98. The summed E-state index contributed by atoms with van der Waals surface area (Å²) >= 11 is 2.19. The summed E-state index contributed by atoms with van der Waals surface area (Å²) in [5.41, 5.74) is 0.528. The Kier molecular flexibility index (Phi) is 6.11. The molecule has 1 aliphatic heterocycles. The van der Waals surface area contributed by atoms with Gasteiger partial charge in [-0.3, -0.25) is 0 Å². The van der Waals surface area contributed by atoms with Gasteiger partial charge in [0.05, 0.1) is 6.61 Å². The lowest BCUT2D eigenvalue weighted by Crippen LogP contribution is -2.44. The third-order valence-electron chi connectivity index (χ3n) is 3.60. The molecule has 2 heterocycles. The molecule has 1 fully saturated rings. The van der Waals surface area contributed by atoms with E-state index in [4.69, 9.17) is 9.47 Å². The molecule has 0 aromatic carbocycles. The number of rotatable bonds is 3. The molecule has 1 amide bonds. The first kappa shape index (κ1) is 18.3. The number of hydrogen-bond acceptors (Lipinski definition) is 4. The Morgan fingerprint density at radius 2 is 2.17 bits per heavy atom. The number of ether oxygens (including phenoxy) is 2. The number of carbonyl (C=O) groups excluding carboxylic acids is 1. The number of aromatic nitrogens is 1. The smallest absolute Gasteiger partial charge is 0.410 e. The highest BCUT2D eigenvalue weighted by molar-refractivity contribution is 14.1. The van der Waals surface area contributed by atoms with E-state index >= 15 is 0 Å². The molecule has 0 bridgehead atoms. The normalized spacial score (nSPS) is 18.7. The third kappa shape index (κ3) is 5.82. The van der Waals surface area contributed by atoms with Gasteiger partial charge in [-0.05, 0) is 75.3 Å². The molecule has 1 aliphatic rings. The Hall–Kier alpha value is -1.05. The molecule has 1 atom stereocenters. The highest BCUT2D eigenvalue weighted by Crippen LogP contribution is 2.23. The van der Waals surface area contributed by atoms with Crippen LogP contribution in [0.1, 0.15) is 39.3 Å². The van der Waals surface area contributed by atoms with E-state index in [2.05, 4.69) is 27.6 Å². The maximum Gasteiger partial charge on any atom is 0.410 e. The van der Waals surface area contributed by atoms with Gasteiger partial charge >= 0.3 is 6.09 Å². The van der Waals surface area contributed by atoms with Gasteiger partial charge in [-0.25, -0.2) is 9.78 Å². The van der Waals surface area contributed by atoms with Crippen LogP contribution in [0.2, 0.25) is 0 Å². The fraction of sp³-hybridized carbons (Fsp3) is 0.647. The zero-order valence-electron chi connectivity index (χ0n) is 14.3. The fourth-order valence-electron chi connectivity index (χ4n) is 2.52. The van der Waals surface area contributed by atoms with Gasteiger partial charge in [0.15, 0.2) is 5.75 Å². The van der Waals surface area contributed by atoms with Crippen molar-refractivity contribution in [1.82, 2.24) is 9.88 Å². The summed E-state index contributed by atoms with van der Waals surface area (Å²) in [7, 11) is 0. The lowest BCUT2D eigenvalue weighted by molar-refractivity contribution is 0.0139. The Morgan fingerprint density at radius 3 is 2.83 bits per heavy atom. The molecule has 128 valence electrons. The maximum atomic E-state index is 12.2. The first-order chi connectivity index (χ1) is 10.7. The second-order valence-electron chi connectivity index (χ2n) is 6.99. The van der Waals surface area contributed by atoms with Crippen LogP contribution >= 0.6 is 22.6 Å². The van der Waals surface area contributed by atoms with E-state index in [-0.39, 0.29) is 6.09 Å². The molecule has 1 aromatic heterocycles. The highest BCUT2D eigenvalue weighted by atomic mass is 127. The number of pyridine rings is 1. The minimum Gasteiger partial charge on any atom is -0.490 e. The fourth-order valence-corrected chi connectivity index (χ4v) is 3.24. The van der Waals surface area contributed by atoms with E-state index in [9.17, 15) is 4.79 Å². The van der Waals surface area contributed by atoms with Crippen molar-refractivity contribution in [2.45, 2.75) is 46.1 Å². The number of piperidine rings is 1. The standard InChI is InChI=1S/C17H25IN2O3/c1-12-7-8-14(15(18)19-12)22-11-13-6-5-9-20(10-13)16(21)23-17(2,3)4/h7-8,13H,5-6,9-11H2,1-4H3/t13-/m0/s1. The summed E-state index contributed by atoms with van der Waals surface area (Å²) in [5, 5.41) is 0. The summed E-state index contributed by atoms with van der Waals surface area (Å²) in [6, 6.07) is 3.91. The molecule has 0 aliphatic carbocycles. The molecule has 0 N–H and O–H groups in total. The Labute approximate surface area is 151 Å². The summed E-state index contributed by atoms with van der Waals surface area (Å²) in [6.07, 6.45) is 1.82. The summed E-state index contributed by atoms with van der Waals surface area (Å²) < 4.78 is 12.2. The van der Waals surface area contributed by atoms with E-state index < -0.39 is 5.60 Å². The number of nitrogens with zero attached hydrogens (tertiary/aromatic N) is 2. The van der Waals surface area contributed by atoms with Gasteiger partial charge in [-0.1, -0.05) is 0 Å². The van der Waals surface area contributed by atoms with E-state index in [1.165, 1.54) is 0 Å². The lowest BCUT2D eigenvalue weighted by atomic mass is 9.99. The van der Waals surface area contributed by atoms with Crippen LogP contribution < -0.4 is 4.74 Å². The number of amides is 1. The van der Waals surface area contributed by atoms with Gasteiger partial charge in [0, 0.05) is 24.7 Å². The van der Waals surface area contributed by atoms with Crippen molar-refractivity contribution >= 4 is 28.7 Å². The molecule has 6 heteroatoms. The summed E-state index contributed by atoms with van der Waals surface area (Å²) in [4.78, 5) is 18.4. The zero-order chi connectivity index (χ0) is 17.0. The van der Waals surface area contributed by atoms with Crippen molar-refractivity contribution in [1.29, 1.82) is 0 Å². The predicted molar refractivity (Wildman–Crippen MR) is 97.7 cm³/mol. The number of aryl methyl sites for hydroxylation is 1. The summed E-state index contributed by atoms with van der Waals surface area (Å²) in [6.45, 7) is 9.68. The topological polar surface area (TPSA) is 51.7 Å². The molecule has 1 saturated heterocycles. The van der Waals surface area contributed by atoms with Crippen molar-refractivity contribution in [3.05, 3.63) is 21.5 Å². The Balaban J connectivity index is 1.87. The predicted octanol–water partition coefficient (Wildman–Crippen LogP) is 4.02. The number of carbonyl (C=O) groups is 1. The second kappa shape index (κ2) is 7.68. The summed E-state index contributed by atoms with van der Waals surface area (Å²) in [5.74, 6) is 1.14. The first-order valence-corrected chi connectivity index (χ1v) is 9.06. The zero-order valence-corrected chi connectivity index (χ0v) is 16.4. The van der Waals surface area contributed by atoms with Gasteiger partial charge < -0.3 is 14.4 Å². The third-order valence-corrected chi connectivity index (χ3v) is 4.37. The maximum absolute atomic E-state index is 12.2. The minimum absolute atomic E-state index is 0.228. The molecule has 2 rings (SSSR count). The van der Waals surface area contributed by atoms with Crippen LogP contribution in [0.15, 0.2) is 12.1 Å². The average molecular weight is 432 g/mol. The van der Waals surface area contributed by atoms with Crippen LogP contribution in [0, 0.1) is 16.5 Å². The SMILES string of the molecule is Cc1ccc(OC[C@H]2CCCN(C(=O)OC(C)(C)C)C2)c(I)n1. The number of halogens is 1. The van der Waals surface area contributed by atoms with Gasteiger partial charge in [0.1, 0.15) is 9.30 Å². The van der Waals surface area contributed by atoms with Gasteiger partial charge in [0.2, 0.25) is 0 Å². The van der Waals surface area contributed by atoms with Crippen molar-refractivity contribution in [3.8, 4) is 5.75 Å². The second-order valence-corrected chi connectivity index (χ2v) is 8.01. The van der Waals surface area contributed by atoms with Crippen LogP contribution in [-0.2, 0) is 4.74 Å². The molecule has 5 nitrogen and oxygen atoms in total. The molecule has 0 unspecified atom stereocenters. The minimum atomic E-state index is -0.454.